The molecule has 2 atom stereocenters. The Balaban J connectivity index is 0.00000320. The van der Waals surface area contributed by atoms with E-state index in [0.717, 1.165) is 50.1 Å². The van der Waals surface area contributed by atoms with Crippen molar-refractivity contribution < 1.29 is 14.6 Å². The number of guanidine groups is 1. The summed E-state index contributed by atoms with van der Waals surface area (Å²) >= 11 is 6.18. The lowest BCUT2D eigenvalue weighted by Gasteiger charge is -2.22. The Morgan fingerprint density at radius 3 is 2.87 bits per heavy atom. The number of hydrogen-bond acceptors (Lipinski definition) is 5. The predicted molar refractivity (Wildman–Crippen MR) is 133 cm³/mol. The molecule has 1 heterocycles. The molecule has 2 aliphatic rings. The molecular weight excluding hydrogens is 519 g/mol. The Bertz CT molecular complexity index is 690. The first-order chi connectivity index (χ1) is 14.1. The SMILES string of the molecule is CCNC(=NCC(O)COCC1CC1)NC1CCN(c2cc(Cl)ccc2OC)C1.I. The monoisotopic (exact) mass is 552 g/mol. The molecule has 1 saturated carbocycles. The minimum atomic E-state index is -0.583. The number of nitrogens with zero attached hydrogens (tertiary/aromatic N) is 2. The van der Waals surface area contributed by atoms with Crippen LogP contribution in [-0.4, -0.2) is 69.7 Å². The van der Waals surface area contributed by atoms with E-state index in [1.807, 2.05) is 25.1 Å². The van der Waals surface area contributed by atoms with Crippen LogP contribution in [-0.2, 0) is 4.74 Å². The van der Waals surface area contributed by atoms with Crippen LogP contribution in [0.3, 0.4) is 0 Å². The molecule has 1 aromatic carbocycles. The lowest BCUT2D eigenvalue weighted by atomic mass is 10.2. The molecule has 3 rings (SSSR count). The van der Waals surface area contributed by atoms with Gasteiger partial charge in [-0.1, -0.05) is 11.6 Å². The van der Waals surface area contributed by atoms with E-state index >= 15 is 0 Å². The summed E-state index contributed by atoms with van der Waals surface area (Å²) in [6, 6.07) is 5.93. The molecule has 2 unspecified atom stereocenters. The quantitative estimate of drug-likeness (QED) is 0.235. The van der Waals surface area contributed by atoms with Gasteiger partial charge in [0.05, 0.1) is 32.1 Å². The van der Waals surface area contributed by atoms with Crippen molar-refractivity contribution in [3.63, 3.8) is 0 Å². The smallest absolute Gasteiger partial charge is 0.191 e. The zero-order valence-corrected chi connectivity index (χ0v) is 20.9. The molecule has 0 radical (unpaired) electrons. The van der Waals surface area contributed by atoms with Crippen molar-refractivity contribution in [1.82, 2.24) is 10.6 Å². The Hall–Kier alpha value is -0.970. The summed E-state index contributed by atoms with van der Waals surface area (Å²) < 4.78 is 11.0. The Morgan fingerprint density at radius 2 is 2.17 bits per heavy atom. The first-order valence-electron chi connectivity index (χ1n) is 10.5. The van der Waals surface area contributed by atoms with Gasteiger partial charge in [0.2, 0.25) is 0 Å². The third-order valence-electron chi connectivity index (χ3n) is 5.18. The van der Waals surface area contributed by atoms with Crippen molar-refractivity contribution in [2.75, 3.05) is 51.4 Å². The van der Waals surface area contributed by atoms with Gasteiger partial charge in [0.1, 0.15) is 5.75 Å². The first-order valence-corrected chi connectivity index (χ1v) is 10.9. The number of aliphatic hydroxyl groups is 1. The van der Waals surface area contributed by atoms with E-state index in [0.29, 0.717) is 24.1 Å². The van der Waals surface area contributed by atoms with Crippen LogP contribution in [0.15, 0.2) is 23.2 Å². The maximum Gasteiger partial charge on any atom is 0.191 e. The topological polar surface area (TPSA) is 78.4 Å². The van der Waals surface area contributed by atoms with Crippen molar-refractivity contribution in [1.29, 1.82) is 0 Å². The second-order valence-electron chi connectivity index (χ2n) is 7.75. The van der Waals surface area contributed by atoms with Gasteiger partial charge in [-0.15, -0.1) is 24.0 Å². The zero-order chi connectivity index (χ0) is 20.6. The van der Waals surface area contributed by atoms with Crippen molar-refractivity contribution in [2.24, 2.45) is 10.9 Å². The summed E-state index contributed by atoms with van der Waals surface area (Å²) in [4.78, 5) is 6.81. The molecule has 9 heteroatoms. The fourth-order valence-electron chi connectivity index (χ4n) is 3.43. The predicted octanol–water partition coefficient (Wildman–Crippen LogP) is 2.89. The molecule has 1 saturated heterocycles. The van der Waals surface area contributed by atoms with Gasteiger partial charge in [0, 0.05) is 37.3 Å². The molecule has 1 aliphatic carbocycles. The average molecular weight is 553 g/mol. The van der Waals surface area contributed by atoms with Crippen molar-refractivity contribution in [2.45, 2.75) is 38.3 Å². The number of nitrogens with one attached hydrogen (secondary N) is 2. The lowest BCUT2D eigenvalue weighted by molar-refractivity contribution is 0.0368. The van der Waals surface area contributed by atoms with E-state index in [-0.39, 0.29) is 30.0 Å². The number of halogens is 2. The van der Waals surface area contributed by atoms with Gasteiger partial charge in [0.25, 0.3) is 0 Å². The zero-order valence-electron chi connectivity index (χ0n) is 17.8. The van der Waals surface area contributed by atoms with E-state index < -0.39 is 6.10 Å². The number of anilines is 1. The summed E-state index contributed by atoms with van der Waals surface area (Å²) in [7, 11) is 1.67. The molecule has 3 N–H and O–H groups in total. The van der Waals surface area contributed by atoms with E-state index in [1.165, 1.54) is 12.8 Å². The Labute approximate surface area is 201 Å². The normalized spacial score (nSPS) is 19.9. The second kappa shape index (κ2) is 12.8. The van der Waals surface area contributed by atoms with Crippen LogP contribution in [0.4, 0.5) is 5.69 Å². The summed E-state index contributed by atoms with van der Waals surface area (Å²) in [6.07, 6.45) is 2.90. The average Bonchev–Trinajstić information content (AvgIpc) is 3.42. The standard InChI is InChI=1S/C21H33ClN4O3.HI/c1-3-23-21(24-11-18(27)14-29-13-15-4-5-15)25-17-8-9-26(12-17)19-10-16(22)6-7-20(19)28-2;/h6-7,10,15,17-18,27H,3-5,8-9,11-14H2,1-2H3,(H2,23,24,25);1H. The first kappa shape index (κ1) is 25.3. The maximum absolute atomic E-state index is 10.1. The summed E-state index contributed by atoms with van der Waals surface area (Å²) in [5.41, 5.74) is 1.01. The fourth-order valence-corrected chi connectivity index (χ4v) is 3.59. The molecule has 1 aromatic rings. The van der Waals surface area contributed by atoms with E-state index in [9.17, 15) is 5.11 Å². The largest absolute Gasteiger partial charge is 0.495 e. The van der Waals surface area contributed by atoms with Crippen LogP contribution in [0.2, 0.25) is 5.02 Å². The summed E-state index contributed by atoms with van der Waals surface area (Å²) in [5, 5.41) is 17.5. The van der Waals surface area contributed by atoms with Crippen molar-refractivity contribution >= 4 is 47.2 Å². The van der Waals surface area contributed by atoms with Crippen LogP contribution >= 0.6 is 35.6 Å². The number of hydrogen-bond donors (Lipinski definition) is 3. The van der Waals surface area contributed by atoms with Gasteiger partial charge in [-0.3, -0.25) is 4.99 Å². The van der Waals surface area contributed by atoms with E-state index in [4.69, 9.17) is 21.1 Å². The van der Waals surface area contributed by atoms with Crippen molar-refractivity contribution in [3.8, 4) is 5.75 Å². The second-order valence-corrected chi connectivity index (χ2v) is 8.18. The van der Waals surface area contributed by atoms with Crippen LogP contribution in [0.5, 0.6) is 5.75 Å². The number of methoxy groups -OCH3 is 1. The fraction of sp³-hybridized carbons (Fsp3) is 0.667. The molecule has 170 valence electrons. The lowest BCUT2D eigenvalue weighted by Crippen LogP contribution is -2.45. The Kier molecular flexibility index (Phi) is 10.8. The maximum atomic E-state index is 10.1. The summed E-state index contributed by atoms with van der Waals surface area (Å²) in [6.45, 7) is 5.94. The molecule has 0 bridgehead atoms. The van der Waals surface area contributed by atoms with Crippen LogP contribution in [0, 0.1) is 5.92 Å². The van der Waals surface area contributed by atoms with Gasteiger partial charge in [0.15, 0.2) is 5.96 Å². The number of ether oxygens (including phenoxy) is 2. The number of aliphatic imine (C=N–C) groups is 1. The number of aliphatic hydroxyl groups excluding tert-OH is 1. The molecule has 0 aromatic heterocycles. The van der Waals surface area contributed by atoms with Crippen LogP contribution in [0.1, 0.15) is 26.2 Å². The highest BCUT2D eigenvalue weighted by atomic mass is 127. The van der Waals surface area contributed by atoms with Gasteiger partial charge >= 0.3 is 0 Å². The van der Waals surface area contributed by atoms with Crippen molar-refractivity contribution in [3.05, 3.63) is 23.2 Å². The highest BCUT2D eigenvalue weighted by molar-refractivity contribution is 14.0. The van der Waals surface area contributed by atoms with Gasteiger partial charge in [-0.25, -0.2) is 0 Å². The van der Waals surface area contributed by atoms with Crippen LogP contribution in [0.25, 0.3) is 0 Å². The van der Waals surface area contributed by atoms with Gasteiger partial charge in [-0.2, -0.15) is 0 Å². The molecule has 0 amide bonds. The minimum Gasteiger partial charge on any atom is -0.495 e. The Morgan fingerprint density at radius 1 is 1.37 bits per heavy atom. The summed E-state index contributed by atoms with van der Waals surface area (Å²) in [5.74, 6) is 2.25. The third kappa shape index (κ3) is 7.94. The van der Waals surface area contributed by atoms with Gasteiger partial charge < -0.3 is 30.1 Å². The number of rotatable bonds is 10. The molecule has 30 heavy (non-hydrogen) atoms. The third-order valence-corrected chi connectivity index (χ3v) is 5.41. The van der Waals surface area contributed by atoms with Crippen LogP contribution < -0.4 is 20.3 Å². The van der Waals surface area contributed by atoms with E-state index in [1.54, 1.807) is 7.11 Å². The van der Waals surface area contributed by atoms with E-state index in [2.05, 4.69) is 20.5 Å². The highest BCUT2D eigenvalue weighted by Gasteiger charge is 2.26. The molecule has 0 spiro atoms. The molecule has 2 fully saturated rings. The van der Waals surface area contributed by atoms with Gasteiger partial charge in [-0.05, 0) is 50.3 Å². The molecule has 1 aliphatic heterocycles. The minimum absolute atomic E-state index is 0. The molecule has 7 nitrogen and oxygen atoms in total. The highest BCUT2D eigenvalue weighted by Crippen LogP contribution is 2.33. The number of benzene rings is 1. The molecular formula is C21H34ClIN4O3.